The molecule has 4 heteroatoms. The molecule has 2 N–H and O–H groups in total. The van der Waals surface area contributed by atoms with E-state index < -0.39 is 6.10 Å². The molecule has 1 saturated carbocycles. The number of carbonyl (C=O) groups is 1. The van der Waals surface area contributed by atoms with Crippen molar-refractivity contribution in [2.24, 2.45) is 5.92 Å². The van der Waals surface area contributed by atoms with Gasteiger partial charge in [-0.3, -0.25) is 4.79 Å². The monoisotopic (exact) mass is 247 g/mol. The molecule has 1 aromatic rings. The molecule has 18 heavy (non-hydrogen) atoms. The Morgan fingerprint density at radius 1 is 1.39 bits per heavy atom. The van der Waals surface area contributed by atoms with Gasteiger partial charge in [-0.1, -0.05) is 6.07 Å². The van der Waals surface area contributed by atoms with Crippen LogP contribution in [0.25, 0.3) is 0 Å². The maximum absolute atomic E-state index is 11.9. The predicted octanol–water partition coefficient (Wildman–Crippen LogP) is 1.22. The summed E-state index contributed by atoms with van der Waals surface area (Å²) in [5.41, 5.74) is 2.89. The molecule has 1 heterocycles. The van der Waals surface area contributed by atoms with Crippen molar-refractivity contribution in [3.05, 3.63) is 34.9 Å². The van der Waals surface area contributed by atoms with Gasteiger partial charge in [0.15, 0.2) is 0 Å². The van der Waals surface area contributed by atoms with Crippen molar-refractivity contribution in [3.8, 4) is 0 Å². The Balaban J connectivity index is 1.61. The van der Waals surface area contributed by atoms with E-state index in [1.165, 1.54) is 0 Å². The van der Waals surface area contributed by atoms with Crippen LogP contribution in [0.5, 0.6) is 0 Å². The zero-order chi connectivity index (χ0) is 12.5. The number of benzene rings is 1. The maximum atomic E-state index is 11.9. The summed E-state index contributed by atoms with van der Waals surface area (Å²) in [6.45, 7) is 1.57. The van der Waals surface area contributed by atoms with Crippen molar-refractivity contribution in [3.63, 3.8) is 0 Å². The molecule has 1 atom stereocenters. The Kier molecular flexibility index (Phi) is 3.06. The van der Waals surface area contributed by atoms with Crippen LogP contribution >= 0.6 is 0 Å². The summed E-state index contributed by atoms with van der Waals surface area (Å²) < 4.78 is 5.32. The van der Waals surface area contributed by atoms with E-state index in [1.54, 1.807) is 0 Å². The SMILES string of the molecule is O=C(NCC(O)C1CC1)c1ccc2c(c1)COC2. The standard InChI is InChI=1S/C14H17NO3/c16-13(9-1-2-9)6-15-14(17)10-3-4-11-7-18-8-12(11)5-10/h3-5,9,13,16H,1-2,6-8H2,(H,15,17). The third kappa shape index (κ3) is 2.40. The first-order valence-electron chi connectivity index (χ1n) is 6.40. The number of hydrogen-bond acceptors (Lipinski definition) is 3. The molecule has 1 aliphatic carbocycles. The molecule has 1 aromatic carbocycles. The van der Waals surface area contributed by atoms with Gasteiger partial charge in [0.2, 0.25) is 0 Å². The zero-order valence-corrected chi connectivity index (χ0v) is 10.2. The van der Waals surface area contributed by atoms with Gasteiger partial charge in [0.05, 0.1) is 19.3 Å². The van der Waals surface area contributed by atoms with Gasteiger partial charge < -0.3 is 15.2 Å². The summed E-state index contributed by atoms with van der Waals surface area (Å²) in [5.74, 6) is 0.267. The fourth-order valence-corrected chi connectivity index (χ4v) is 2.26. The number of rotatable bonds is 4. The highest BCUT2D eigenvalue weighted by atomic mass is 16.5. The van der Waals surface area contributed by atoms with Crippen LogP contribution in [-0.4, -0.2) is 23.7 Å². The molecule has 1 amide bonds. The minimum Gasteiger partial charge on any atom is -0.391 e. The number of aliphatic hydroxyl groups excluding tert-OH is 1. The fraction of sp³-hybridized carbons (Fsp3) is 0.500. The first-order valence-corrected chi connectivity index (χ1v) is 6.40. The van der Waals surface area contributed by atoms with E-state index in [0.717, 1.165) is 24.0 Å². The molecule has 0 saturated heterocycles. The topological polar surface area (TPSA) is 58.6 Å². The summed E-state index contributed by atoms with van der Waals surface area (Å²) in [6.07, 6.45) is 1.76. The van der Waals surface area contributed by atoms with Gasteiger partial charge in [-0.2, -0.15) is 0 Å². The largest absolute Gasteiger partial charge is 0.391 e. The number of nitrogens with one attached hydrogen (secondary N) is 1. The lowest BCUT2D eigenvalue weighted by atomic mass is 10.1. The number of aliphatic hydroxyl groups is 1. The van der Waals surface area contributed by atoms with E-state index in [9.17, 15) is 9.90 Å². The van der Waals surface area contributed by atoms with Crippen molar-refractivity contribution >= 4 is 5.91 Å². The third-order valence-corrected chi connectivity index (χ3v) is 3.62. The van der Waals surface area contributed by atoms with E-state index in [4.69, 9.17) is 4.74 Å². The quantitative estimate of drug-likeness (QED) is 0.841. The molecule has 1 fully saturated rings. The number of ether oxygens (including phenoxy) is 1. The molecular formula is C14H17NO3. The molecule has 0 bridgehead atoms. The second-order valence-electron chi connectivity index (χ2n) is 5.09. The van der Waals surface area contributed by atoms with Crippen LogP contribution < -0.4 is 5.32 Å². The second-order valence-corrected chi connectivity index (χ2v) is 5.09. The van der Waals surface area contributed by atoms with Crippen molar-refractivity contribution in [1.29, 1.82) is 0 Å². The van der Waals surface area contributed by atoms with Crippen LogP contribution in [0.2, 0.25) is 0 Å². The van der Waals surface area contributed by atoms with E-state index in [1.807, 2.05) is 18.2 Å². The minimum atomic E-state index is -0.397. The predicted molar refractivity (Wildman–Crippen MR) is 66.0 cm³/mol. The Labute approximate surface area is 106 Å². The summed E-state index contributed by atoms with van der Waals surface area (Å²) in [4.78, 5) is 11.9. The lowest BCUT2D eigenvalue weighted by molar-refractivity contribution is 0.0901. The molecule has 3 rings (SSSR count). The Hall–Kier alpha value is -1.39. The Morgan fingerprint density at radius 3 is 2.94 bits per heavy atom. The van der Waals surface area contributed by atoms with Crippen LogP contribution in [-0.2, 0) is 18.0 Å². The summed E-state index contributed by atoms with van der Waals surface area (Å²) in [5, 5.41) is 12.5. The average Bonchev–Trinajstić information content (AvgIpc) is 3.13. The van der Waals surface area contributed by atoms with E-state index in [2.05, 4.69) is 5.32 Å². The van der Waals surface area contributed by atoms with Crippen LogP contribution in [0.4, 0.5) is 0 Å². The smallest absolute Gasteiger partial charge is 0.251 e. The lowest BCUT2D eigenvalue weighted by Crippen LogP contribution is -2.33. The van der Waals surface area contributed by atoms with Crippen LogP contribution in [0.3, 0.4) is 0 Å². The van der Waals surface area contributed by atoms with Gasteiger partial charge in [0, 0.05) is 12.1 Å². The van der Waals surface area contributed by atoms with Gasteiger partial charge in [0.1, 0.15) is 0 Å². The molecule has 96 valence electrons. The first kappa shape index (κ1) is 11.7. The average molecular weight is 247 g/mol. The number of fused-ring (bicyclic) bond motifs is 1. The zero-order valence-electron chi connectivity index (χ0n) is 10.2. The van der Waals surface area contributed by atoms with E-state index in [-0.39, 0.29) is 5.91 Å². The summed E-state index contributed by atoms with van der Waals surface area (Å²) in [7, 11) is 0. The van der Waals surface area contributed by atoms with Crippen LogP contribution in [0, 0.1) is 5.92 Å². The van der Waals surface area contributed by atoms with E-state index >= 15 is 0 Å². The highest BCUT2D eigenvalue weighted by molar-refractivity contribution is 5.94. The van der Waals surface area contributed by atoms with E-state index in [0.29, 0.717) is 31.2 Å². The molecule has 4 nitrogen and oxygen atoms in total. The van der Waals surface area contributed by atoms with Crippen molar-refractivity contribution < 1.29 is 14.6 Å². The van der Waals surface area contributed by atoms with Crippen molar-refractivity contribution in [2.75, 3.05) is 6.54 Å². The van der Waals surface area contributed by atoms with Gasteiger partial charge in [-0.05, 0) is 42.0 Å². The molecule has 2 aliphatic rings. The molecule has 0 aromatic heterocycles. The molecule has 0 spiro atoms. The van der Waals surface area contributed by atoms with Crippen molar-refractivity contribution in [1.82, 2.24) is 5.32 Å². The van der Waals surface area contributed by atoms with Crippen LogP contribution in [0.15, 0.2) is 18.2 Å². The Morgan fingerprint density at radius 2 is 2.17 bits per heavy atom. The van der Waals surface area contributed by atoms with Crippen molar-refractivity contribution in [2.45, 2.75) is 32.2 Å². The normalized spacial score (nSPS) is 19.4. The second kappa shape index (κ2) is 4.71. The first-order chi connectivity index (χ1) is 8.74. The molecule has 1 aliphatic heterocycles. The minimum absolute atomic E-state index is 0.121. The maximum Gasteiger partial charge on any atom is 0.251 e. The summed E-state index contributed by atoms with van der Waals surface area (Å²) in [6, 6.07) is 5.63. The number of hydrogen-bond donors (Lipinski definition) is 2. The highest BCUT2D eigenvalue weighted by Crippen LogP contribution is 2.32. The van der Waals surface area contributed by atoms with Gasteiger partial charge in [-0.25, -0.2) is 0 Å². The third-order valence-electron chi connectivity index (χ3n) is 3.62. The summed E-state index contributed by atoms with van der Waals surface area (Å²) >= 11 is 0. The molecular weight excluding hydrogens is 230 g/mol. The number of amides is 1. The van der Waals surface area contributed by atoms with Gasteiger partial charge in [-0.15, -0.1) is 0 Å². The van der Waals surface area contributed by atoms with Gasteiger partial charge >= 0.3 is 0 Å². The number of carbonyl (C=O) groups excluding carboxylic acids is 1. The Bertz CT molecular complexity index is 468. The van der Waals surface area contributed by atoms with Gasteiger partial charge in [0.25, 0.3) is 5.91 Å². The lowest BCUT2D eigenvalue weighted by Gasteiger charge is -2.11. The molecule has 1 unspecified atom stereocenters. The fourth-order valence-electron chi connectivity index (χ4n) is 2.26. The van der Waals surface area contributed by atoms with Crippen LogP contribution in [0.1, 0.15) is 34.3 Å². The highest BCUT2D eigenvalue weighted by Gasteiger charge is 2.29. The molecule has 0 radical (unpaired) electrons.